The van der Waals surface area contributed by atoms with E-state index >= 15 is 0 Å². The van der Waals surface area contributed by atoms with Gasteiger partial charge in [-0.05, 0) is 44.7 Å². The van der Waals surface area contributed by atoms with Crippen LogP contribution in [0.4, 0.5) is 0 Å². The molecule has 24 heavy (non-hydrogen) atoms. The molecule has 2 heterocycles. The Labute approximate surface area is 146 Å². The molecule has 1 aliphatic heterocycles. The summed E-state index contributed by atoms with van der Waals surface area (Å²) in [6, 6.07) is 2.25. The number of hydrogen-bond acceptors (Lipinski definition) is 4. The maximum absolute atomic E-state index is 11.8. The quantitative estimate of drug-likeness (QED) is 0.551. The number of imide groups is 1. The van der Waals surface area contributed by atoms with Gasteiger partial charge in [-0.15, -0.1) is 11.3 Å². The molecule has 2 rings (SSSR count). The minimum Gasteiger partial charge on any atom is -0.354 e. The van der Waals surface area contributed by atoms with Crippen molar-refractivity contribution in [2.24, 2.45) is 0 Å². The zero-order valence-electron chi connectivity index (χ0n) is 14.3. The summed E-state index contributed by atoms with van der Waals surface area (Å²) >= 11 is 1.84. The standard InChI is InChI=1S/C18H24N2O3S/c1-13-12-15(14(2)24-13)6-4-3-5-7-16(21)19-10-11-20-17(22)8-9-18(20)23/h8-9,12H,3-7,10-11H2,1-2H3,(H,19,21). The lowest BCUT2D eigenvalue weighted by molar-refractivity contribution is -0.137. The van der Waals surface area contributed by atoms with Gasteiger partial charge < -0.3 is 5.32 Å². The zero-order chi connectivity index (χ0) is 17.5. The predicted octanol–water partition coefficient (Wildman–Crippen LogP) is 2.51. The Morgan fingerprint density at radius 2 is 1.83 bits per heavy atom. The summed E-state index contributed by atoms with van der Waals surface area (Å²) in [4.78, 5) is 38.3. The molecule has 1 aromatic heterocycles. The largest absolute Gasteiger partial charge is 0.354 e. The number of amides is 3. The Morgan fingerprint density at radius 3 is 2.46 bits per heavy atom. The van der Waals surface area contributed by atoms with E-state index in [0.717, 1.165) is 30.6 Å². The third-order valence-electron chi connectivity index (χ3n) is 4.05. The first-order valence-electron chi connectivity index (χ1n) is 8.33. The van der Waals surface area contributed by atoms with E-state index < -0.39 is 0 Å². The number of unbranched alkanes of at least 4 members (excludes halogenated alkanes) is 2. The minimum atomic E-state index is -0.312. The van der Waals surface area contributed by atoms with Crippen LogP contribution < -0.4 is 5.32 Å². The number of thiophene rings is 1. The molecular weight excluding hydrogens is 324 g/mol. The van der Waals surface area contributed by atoms with E-state index in [2.05, 4.69) is 25.2 Å². The molecule has 6 heteroatoms. The number of rotatable bonds is 9. The van der Waals surface area contributed by atoms with Crippen molar-refractivity contribution in [1.29, 1.82) is 0 Å². The Morgan fingerprint density at radius 1 is 1.12 bits per heavy atom. The van der Waals surface area contributed by atoms with Crippen molar-refractivity contribution >= 4 is 29.1 Å². The van der Waals surface area contributed by atoms with Gasteiger partial charge in [0.2, 0.25) is 5.91 Å². The van der Waals surface area contributed by atoms with Gasteiger partial charge in [-0.2, -0.15) is 0 Å². The molecule has 0 bridgehead atoms. The van der Waals surface area contributed by atoms with Crippen LogP contribution in [0.5, 0.6) is 0 Å². The van der Waals surface area contributed by atoms with Gasteiger partial charge in [0.15, 0.2) is 0 Å². The SMILES string of the molecule is Cc1cc(CCCCCC(=O)NCCN2C(=O)C=CC2=O)c(C)s1. The van der Waals surface area contributed by atoms with Gasteiger partial charge in [-0.1, -0.05) is 6.42 Å². The fourth-order valence-electron chi connectivity index (χ4n) is 2.76. The average molecular weight is 348 g/mol. The first-order chi connectivity index (χ1) is 11.5. The summed E-state index contributed by atoms with van der Waals surface area (Å²) in [6.07, 6.45) is 7.03. The Balaban J connectivity index is 1.53. The first kappa shape index (κ1) is 18.4. The molecule has 0 aliphatic carbocycles. The summed E-state index contributed by atoms with van der Waals surface area (Å²) < 4.78 is 0. The van der Waals surface area contributed by atoms with E-state index in [-0.39, 0.29) is 24.3 Å². The maximum Gasteiger partial charge on any atom is 0.253 e. The highest BCUT2D eigenvalue weighted by atomic mass is 32.1. The minimum absolute atomic E-state index is 0.0235. The van der Waals surface area contributed by atoms with Crippen molar-refractivity contribution in [3.8, 4) is 0 Å². The Bertz CT molecular complexity index is 631. The number of nitrogens with zero attached hydrogens (tertiary/aromatic N) is 1. The number of aryl methyl sites for hydroxylation is 3. The van der Waals surface area contributed by atoms with Crippen LogP contribution in [0.2, 0.25) is 0 Å². The zero-order valence-corrected chi connectivity index (χ0v) is 15.1. The van der Waals surface area contributed by atoms with Crippen LogP contribution in [0.15, 0.2) is 18.2 Å². The molecule has 0 aromatic carbocycles. The number of carbonyl (C=O) groups excluding carboxylic acids is 3. The van der Waals surface area contributed by atoms with Crippen LogP contribution in [0.1, 0.15) is 41.0 Å². The van der Waals surface area contributed by atoms with E-state index in [0.29, 0.717) is 13.0 Å². The van der Waals surface area contributed by atoms with E-state index in [4.69, 9.17) is 0 Å². The van der Waals surface area contributed by atoms with Crippen molar-refractivity contribution in [3.63, 3.8) is 0 Å². The summed E-state index contributed by atoms with van der Waals surface area (Å²) in [5.41, 5.74) is 1.43. The van der Waals surface area contributed by atoms with E-state index in [1.165, 1.54) is 27.5 Å². The van der Waals surface area contributed by atoms with Crippen molar-refractivity contribution in [2.45, 2.75) is 46.0 Å². The second-order valence-electron chi connectivity index (χ2n) is 6.01. The number of carbonyl (C=O) groups is 3. The third kappa shape index (κ3) is 5.30. The summed E-state index contributed by atoms with van der Waals surface area (Å²) in [6.45, 7) is 4.83. The topological polar surface area (TPSA) is 66.5 Å². The molecule has 0 atom stereocenters. The lowest BCUT2D eigenvalue weighted by Crippen LogP contribution is -2.38. The van der Waals surface area contributed by atoms with E-state index in [1.807, 2.05) is 11.3 Å². The number of nitrogens with one attached hydrogen (secondary N) is 1. The van der Waals surface area contributed by atoms with E-state index in [9.17, 15) is 14.4 Å². The molecule has 0 saturated carbocycles. The van der Waals surface area contributed by atoms with Gasteiger partial charge in [0, 0.05) is 41.4 Å². The third-order valence-corrected chi connectivity index (χ3v) is 5.06. The van der Waals surface area contributed by atoms with Crippen molar-refractivity contribution < 1.29 is 14.4 Å². The van der Waals surface area contributed by atoms with Crippen LogP contribution in [-0.4, -0.2) is 35.7 Å². The average Bonchev–Trinajstić information content (AvgIpc) is 3.02. The lowest BCUT2D eigenvalue weighted by Gasteiger charge is -2.13. The Kier molecular flexibility index (Phi) is 6.73. The molecule has 1 aromatic rings. The molecule has 1 aliphatic rings. The summed E-state index contributed by atoms with van der Waals surface area (Å²) in [5, 5.41) is 2.76. The molecule has 0 radical (unpaired) electrons. The van der Waals surface area contributed by atoms with Gasteiger partial charge in [-0.3, -0.25) is 19.3 Å². The van der Waals surface area contributed by atoms with Gasteiger partial charge in [0.1, 0.15) is 0 Å². The van der Waals surface area contributed by atoms with E-state index in [1.54, 1.807) is 0 Å². The van der Waals surface area contributed by atoms with Gasteiger partial charge >= 0.3 is 0 Å². The molecule has 0 spiro atoms. The molecule has 0 saturated heterocycles. The Hall–Kier alpha value is -1.95. The number of hydrogen-bond donors (Lipinski definition) is 1. The second kappa shape index (κ2) is 8.78. The van der Waals surface area contributed by atoms with Gasteiger partial charge in [0.25, 0.3) is 11.8 Å². The lowest BCUT2D eigenvalue weighted by atomic mass is 10.1. The molecular formula is C18H24N2O3S. The normalized spacial score (nSPS) is 13.8. The predicted molar refractivity (Wildman–Crippen MR) is 94.8 cm³/mol. The summed E-state index contributed by atoms with van der Waals surface area (Å²) in [7, 11) is 0. The molecule has 0 unspecified atom stereocenters. The fourth-order valence-corrected chi connectivity index (χ4v) is 3.73. The first-order valence-corrected chi connectivity index (χ1v) is 9.15. The molecule has 3 amide bonds. The highest BCUT2D eigenvalue weighted by Crippen LogP contribution is 2.22. The van der Waals surface area contributed by atoms with Crippen LogP contribution >= 0.6 is 11.3 Å². The van der Waals surface area contributed by atoms with Crippen LogP contribution in [0.3, 0.4) is 0 Å². The molecule has 130 valence electrons. The second-order valence-corrected chi connectivity index (χ2v) is 7.47. The van der Waals surface area contributed by atoms with Crippen LogP contribution in [0.25, 0.3) is 0 Å². The maximum atomic E-state index is 11.8. The smallest absolute Gasteiger partial charge is 0.253 e. The van der Waals surface area contributed by atoms with Gasteiger partial charge in [0.05, 0.1) is 0 Å². The highest BCUT2D eigenvalue weighted by Gasteiger charge is 2.22. The van der Waals surface area contributed by atoms with Gasteiger partial charge in [-0.25, -0.2) is 0 Å². The van der Waals surface area contributed by atoms with Crippen molar-refractivity contribution in [1.82, 2.24) is 10.2 Å². The van der Waals surface area contributed by atoms with Crippen molar-refractivity contribution in [2.75, 3.05) is 13.1 Å². The molecule has 0 fully saturated rings. The fraction of sp³-hybridized carbons (Fsp3) is 0.500. The monoisotopic (exact) mass is 348 g/mol. The summed E-state index contributed by atoms with van der Waals surface area (Å²) in [5.74, 6) is -0.647. The molecule has 1 N–H and O–H groups in total. The molecule has 5 nitrogen and oxygen atoms in total. The highest BCUT2D eigenvalue weighted by molar-refractivity contribution is 7.12. The van der Waals surface area contributed by atoms with Crippen LogP contribution in [-0.2, 0) is 20.8 Å². The van der Waals surface area contributed by atoms with Crippen LogP contribution in [0, 0.1) is 13.8 Å². The van der Waals surface area contributed by atoms with Crippen molar-refractivity contribution in [3.05, 3.63) is 33.5 Å².